The van der Waals surface area contributed by atoms with Gasteiger partial charge in [0.05, 0.1) is 6.21 Å². The maximum absolute atomic E-state index is 12.1. The number of ether oxygens (including phenoxy) is 1. The van der Waals surface area contributed by atoms with Crippen LogP contribution in [0, 0.1) is 6.92 Å². The molecule has 0 saturated carbocycles. The van der Waals surface area contributed by atoms with Gasteiger partial charge in [-0.3, -0.25) is 9.59 Å². The molecule has 6 heteroatoms. The lowest BCUT2D eigenvalue weighted by Gasteiger charge is -2.09. The second kappa shape index (κ2) is 11.5. The molecule has 6 nitrogen and oxygen atoms in total. The van der Waals surface area contributed by atoms with Gasteiger partial charge in [-0.1, -0.05) is 55.0 Å². The van der Waals surface area contributed by atoms with Gasteiger partial charge < -0.3 is 10.1 Å². The fourth-order valence-electron chi connectivity index (χ4n) is 3.01. The Morgan fingerprint density at radius 1 is 0.938 bits per heavy atom. The molecular formula is C26H27N3O3. The number of amides is 2. The molecule has 0 saturated heterocycles. The quantitative estimate of drug-likeness (QED) is 0.296. The molecule has 0 aliphatic carbocycles. The Bertz CT molecular complexity index is 1070. The number of hydrazone groups is 1. The molecule has 0 aromatic heterocycles. The van der Waals surface area contributed by atoms with E-state index in [4.69, 9.17) is 4.74 Å². The fourth-order valence-corrected chi connectivity index (χ4v) is 3.01. The summed E-state index contributed by atoms with van der Waals surface area (Å²) >= 11 is 0. The van der Waals surface area contributed by atoms with Crippen LogP contribution in [0.3, 0.4) is 0 Å². The zero-order chi connectivity index (χ0) is 22.8. The van der Waals surface area contributed by atoms with Gasteiger partial charge >= 0.3 is 0 Å². The van der Waals surface area contributed by atoms with E-state index in [0.29, 0.717) is 6.61 Å². The first-order valence-corrected chi connectivity index (χ1v) is 10.5. The molecule has 0 atom stereocenters. The van der Waals surface area contributed by atoms with Crippen molar-refractivity contribution in [3.05, 3.63) is 95.1 Å². The lowest BCUT2D eigenvalue weighted by atomic mass is 10.1. The standard InChI is InChI=1S/C26H27N3O3/c1-3-22-6-4-5-7-24(22)28-25(30)16-26(31)29-27-17-20-12-14-23(15-13-20)32-18-21-10-8-19(2)9-11-21/h4-15,17H,3,16,18H2,1-2H3,(H,28,30)(H,29,31). The van der Waals surface area contributed by atoms with E-state index in [0.717, 1.165) is 34.5 Å². The number of carbonyl (C=O) groups is 2. The van der Waals surface area contributed by atoms with Gasteiger partial charge in [0.1, 0.15) is 18.8 Å². The topological polar surface area (TPSA) is 79.8 Å². The molecule has 0 fully saturated rings. The third-order valence-corrected chi connectivity index (χ3v) is 4.80. The van der Waals surface area contributed by atoms with Gasteiger partial charge in [0.15, 0.2) is 0 Å². The number of benzene rings is 3. The van der Waals surface area contributed by atoms with Crippen molar-refractivity contribution in [3.8, 4) is 5.75 Å². The number of carbonyl (C=O) groups excluding carboxylic acids is 2. The average molecular weight is 430 g/mol. The molecule has 0 aliphatic heterocycles. The third kappa shape index (κ3) is 7.09. The van der Waals surface area contributed by atoms with Crippen molar-refractivity contribution < 1.29 is 14.3 Å². The zero-order valence-electron chi connectivity index (χ0n) is 18.3. The third-order valence-electron chi connectivity index (χ3n) is 4.80. The van der Waals surface area contributed by atoms with E-state index in [-0.39, 0.29) is 12.3 Å². The fraction of sp³-hybridized carbons (Fsp3) is 0.192. The Morgan fingerprint density at radius 2 is 1.66 bits per heavy atom. The van der Waals surface area contributed by atoms with Crippen LogP contribution >= 0.6 is 0 Å². The van der Waals surface area contributed by atoms with Gasteiger partial charge in [0.25, 0.3) is 0 Å². The van der Waals surface area contributed by atoms with Crippen molar-refractivity contribution in [1.82, 2.24) is 5.43 Å². The summed E-state index contributed by atoms with van der Waals surface area (Å²) in [6.45, 7) is 4.55. The Hall–Kier alpha value is -3.93. The summed E-state index contributed by atoms with van der Waals surface area (Å²) in [7, 11) is 0. The van der Waals surface area contributed by atoms with Gasteiger partial charge in [-0.05, 0) is 60.4 Å². The SMILES string of the molecule is CCc1ccccc1NC(=O)CC(=O)NN=Cc1ccc(OCc2ccc(C)cc2)cc1. The zero-order valence-corrected chi connectivity index (χ0v) is 18.3. The lowest BCUT2D eigenvalue weighted by Crippen LogP contribution is -2.25. The summed E-state index contributed by atoms with van der Waals surface area (Å²) in [4.78, 5) is 24.1. The molecule has 0 bridgehead atoms. The largest absolute Gasteiger partial charge is 0.489 e. The maximum Gasteiger partial charge on any atom is 0.249 e. The highest BCUT2D eigenvalue weighted by molar-refractivity contribution is 6.04. The minimum absolute atomic E-state index is 0.304. The number of para-hydroxylation sites is 1. The molecule has 0 unspecified atom stereocenters. The summed E-state index contributed by atoms with van der Waals surface area (Å²) < 4.78 is 5.78. The molecule has 0 spiro atoms. The van der Waals surface area contributed by atoms with Crippen LogP contribution in [-0.2, 0) is 22.6 Å². The van der Waals surface area contributed by atoms with Gasteiger partial charge in [0, 0.05) is 5.69 Å². The van der Waals surface area contributed by atoms with Crippen LogP contribution < -0.4 is 15.5 Å². The van der Waals surface area contributed by atoms with Crippen molar-refractivity contribution in [2.75, 3.05) is 5.32 Å². The number of hydrogen-bond acceptors (Lipinski definition) is 4. The highest BCUT2D eigenvalue weighted by Crippen LogP contribution is 2.16. The van der Waals surface area contributed by atoms with Gasteiger partial charge in [-0.2, -0.15) is 5.10 Å². The minimum Gasteiger partial charge on any atom is -0.489 e. The predicted molar refractivity (Wildman–Crippen MR) is 127 cm³/mol. The second-order valence-corrected chi connectivity index (χ2v) is 7.37. The smallest absolute Gasteiger partial charge is 0.249 e. The number of aryl methyl sites for hydroxylation is 2. The summed E-state index contributed by atoms with van der Waals surface area (Å²) in [5, 5.41) is 6.69. The normalized spacial score (nSPS) is 10.7. The monoisotopic (exact) mass is 429 g/mol. The van der Waals surface area contributed by atoms with Crippen LogP contribution in [0.5, 0.6) is 5.75 Å². The Balaban J connectivity index is 1.43. The van der Waals surface area contributed by atoms with E-state index in [1.165, 1.54) is 11.8 Å². The van der Waals surface area contributed by atoms with Crippen molar-refractivity contribution in [3.63, 3.8) is 0 Å². The second-order valence-electron chi connectivity index (χ2n) is 7.37. The van der Waals surface area contributed by atoms with Crippen LogP contribution in [0.2, 0.25) is 0 Å². The van der Waals surface area contributed by atoms with Gasteiger partial charge in [-0.25, -0.2) is 5.43 Å². The van der Waals surface area contributed by atoms with Crippen molar-refractivity contribution in [2.24, 2.45) is 5.10 Å². The summed E-state index contributed by atoms with van der Waals surface area (Å²) in [5.41, 5.74) is 7.24. The van der Waals surface area contributed by atoms with Crippen molar-refractivity contribution >= 4 is 23.7 Å². The first kappa shape index (κ1) is 22.7. The van der Waals surface area contributed by atoms with E-state index in [2.05, 4.69) is 34.9 Å². The maximum atomic E-state index is 12.1. The molecule has 2 amide bonds. The Morgan fingerprint density at radius 3 is 2.38 bits per heavy atom. The van der Waals surface area contributed by atoms with E-state index in [1.54, 1.807) is 0 Å². The van der Waals surface area contributed by atoms with Crippen molar-refractivity contribution in [1.29, 1.82) is 0 Å². The molecule has 0 heterocycles. The van der Waals surface area contributed by atoms with Crippen molar-refractivity contribution in [2.45, 2.75) is 33.3 Å². The molecule has 164 valence electrons. The summed E-state index contributed by atoms with van der Waals surface area (Å²) in [6, 6.07) is 23.1. The number of anilines is 1. The number of nitrogens with one attached hydrogen (secondary N) is 2. The molecule has 3 aromatic carbocycles. The first-order valence-electron chi connectivity index (χ1n) is 10.5. The van der Waals surface area contributed by atoms with E-state index in [9.17, 15) is 9.59 Å². The van der Waals surface area contributed by atoms with E-state index in [1.807, 2.05) is 67.6 Å². The molecule has 2 N–H and O–H groups in total. The minimum atomic E-state index is -0.481. The predicted octanol–water partition coefficient (Wildman–Crippen LogP) is 4.62. The van der Waals surface area contributed by atoms with Gasteiger partial charge in [-0.15, -0.1) is 0 Å². The molecule has 32 heavy (non-hydrogen) atoms. The van der Waals surface area contributed by atoms with Crippen LogP contribution in [0.4, 0.5) is 5.69 Å². The van der Waals surface area contributed by atoms with Crippen LogP contribution in [-0.4, -0.2) is 18.0 Å². The highest BCUT2D eigenvalue weighted by atomic mass is 16.5. The van der Waals surface area contributed by atoms with E-state index < -0.39 is 5.91 Å². The first-order chi connectivity index (χ1) is 15.5. The number of nitrogens with zero attached hydrogens (tertiary/aromatic N) is 1. The average Bonchev–Trinajstić information content (AvgIpc) is 2.80. The molecule has 0 aliphatic rings. The van der Waals surface area contributed by atoms with Crippen LogP contribution in [0.25, 0.3) is 0 Å². The summed E-state index contributed by atoms with van der Waals surface area (Å²) in [6.07, 6.45) is 2.01. The lowest BCUT2D eigenvalue weighted by molar-refractivity contribution is -0.126. The van der Waals surface area contributed by atoms with Crippen LogP contribution in [0.15, 0.2) is 77.9 Å². The van der Waals surface area contributed by atoms with Gasteiger partial charge in [0.2, 0.25) is 11.8 Å². The molecule has 3 rings (SSSR count). The Labute approximate surface area is 188 Å². The number of hydrogen-bond donors (Lipinski definition) is 2. The van der Waals surface area contributed by atoms with E-state index >= 15 is 0 Å². The molecule has 3 aromatic rings. The highest BCUT2D eigenvalue weighted by Gasteiger charge is 2.10. The number of rotatable bonds is 9. The summed E-state index contributed by atoms with van der Waals surface area (Å²) in [5.74, 6) is -0.116. The van der Waals surface area contributed by atoms with Crippen LogP contribution in [0.1, 0.15) is 35.6 Å². The molecule has 0 radical (unpaired) electrons. The molecular weight excluding hydrogens is 402 g/mol. The Kier molecular flexibility index (Phi) is 8.15.